The molecule has 1 aliphatic rings. The van der Waals surface area contributed by atoms with Gasteiger partial charge in [-0.05, 0) is 12.1 Å². The first kappa shape index (κ1) is 22.0. The number of H-pyrrole nitrogens is 1. The predicted octanol–water partition coefficient (Wildman–Crippen LogP) is 4.52. The van der Waals surface area contributed by atoms with Gasteiger partial charge in [-0.15, -0.1) is 10.2 Å². The Morgan fingerprint density at radius 3 is 2.72 bits per heavy atom. The number of aromatic nitrogens is 6. The number of aromatic amines is 1. The monoisotopic (exact) mass is 501 g/mol. The average molecular weight is 501 g/mol. The standard InChI is InChI=1S/C22H15F4N7O3/c23-18(24)14-10-3-1-2-4-13(10)35-17(14)16-15-11(27-9-28-15)5-7-32(16)21(34)20-30-29-19(36-20)12-6-8-33(31-12)22(25)26/h1-4,6,8-9,16,18,22H,5,7H2,(H,27,28)/t16-/m0/s1. The van der Waals surface area contributed by atoms with Gasteiger partial charge in [0.05, 0.1) is 17.6 Å². The van der Waals surface area contributed by atoms with E-state index in [4.69, 9.17) is 8.83 Å². The number of benzene rings is 1. The second-order valence-electron chi connectivity index (χ2n) is 7.97. The van der Waals surface area contributed by atoms with Crippen molar-refractivity contribution in [2.75, 3.05) is 6.54 Å². The molecular weight excluding hydrogens is 486 g/mol. The molecule has 0 spiro atoms. The number of furan rings is 1. The fourth-order valence-corrected chi connectivity index (χ4v) is 4.37. The van der Waals surface area contributed by atoms with Gasteiger partial charge in [-0.2, -0.15) is 13.9 Å². The molecule has 0 bridgehead atoms. The fourth-order valence-electron chi connectivity index (χ4n) is 4.37. The Kier molecular flexibility index (Phi) is 5.09. The molecule has 36 heavy (non-hydrogen) atoms. The van der Waals surface area contributed by atoms with Crippen LogP contribution in [0.4, 0.5) is 17.6 Å². The summed E-state index contributed by atoms with van der Waals surface area (Å²) in [5.41, 5.74) is 0.879. The maximum atomic E-state index is 14.3. The van der Waals surface area contributed by atoms with E-state index in [-0.39, 0.29) is 40.4 Å². The third-order valence-electron chi connectivity index (χ3n) is 5.95. The first-order chi connectivity index (χ1) is 17.4. The van der Waals surface area contributed by atoms with E-state index in [1.807, 2.05) is 0 Å². The number of halogens is 4. The Morgan fingerprint density at radius 1 is 1.11 bits per heavy atom. The first-order valence-corrected chi connectivity index (χ1v) is 10.7. The number of para-hydroxylation sites is 1. The van der Waals surface area contributed by atoms with Gasteiger partial charge < -0.3 is 18.7 Å². The van der Waals surface area contributed by atoms with Crippen molar-refractivity contribution < 1.29 is 31.2 Å². The molecule has 4 aromatic heterocycles. The number of hydrogen-bond donors (Lipinski definition) is 1. The van der Waals surface area contributed by atoms with Crippen LogP contribution < -0.4 is 0 Å². The lowest BCUT2D eigenvalue weighted by atomic mass is 9.97. The van der Waals surface area contributed by atoms with Gasteiger partial charge >= 0.3 is 18.3 Å². The molecule has 0 radical (unpaired) electrons. The van der Waals surface area contributed by atoms with Crippen molar-refractivity contribution in [3.8, 4) is 11.6 Å². The summed E-state index contributed by atoms with van der Waals surface area (Å²) >= 11 is 0. The maximum Gasteiger partial charge on any atom is 0.333 e. The Bertz CT molecular complexity index is 1570. The molecule has 0 unspecified atom stereocenters. The molecule has 1 aromatic carbocycles. The molecule has 14 heteroatoms. The van der Waals surface area contributed by atoms with Crippen LogP contribution in [0.25, 0.3) is 22.6 Å². The molecule has 0 fully saturated rings. The normalized spacial score (nSPS) is 15.8. The summed E-state index contributed by atoms with van der Waals surface area (Å²) in [5.74, 6) is -1.59. The summed E-state index contributed by atoms with van der Waals surface area (Å²) in [7, 11) is 0. The highest BCUT2D eigenvalue weighted by molar-refractivity contribution is 5.91. The molecule has 0 saturated carbocycles. The van der Waals surface area contributed by atoms with Gasteiger partial charge in [0.1, 0.15) is 23.1 Å². The third kappa shape index (κ3) is 3.44. The van der Waals surface area contributed by atoms with Gasteiger partial charge in [0.2, 0.25) is 0 Å². The Labute approximate surface area is 198 Å². The van der Waals surface area contributed by atoms with Crippen LogP contribution in [-0.4, -0.2) is 47.3 Å². The number of hydrogen-bond acceptors (Lipinski definition) is 7. The van der Waals surface area contributed by atoms with Crippen molar-refractivity contribution in [3.05, 3.63) is 71.5 Å². The minimum Gasteiger partial charge on any atom is -0.458 e. The number of carbonyl (C=O) groups excluding carboxylic acids is 1. The van der Waals surface area contributed by atoms with Crippen molar-refractivity contribution in [3.63, 3.8) is 0 Å². The molecule has 1 amide bonds. The number of amides is 1. The smallest absolute Gasteiger partial charge is 0.333 e. The maximum absolute atomic E-state index is 14.3. The van der Waals surface area contributed by atoms with Crippen LogP contribution in [0.1, 0.15) is 52.4 Å². The van der Waals surface area contributed by atoms with Gasteiger partial charge in [0.15, 0.2) is 0 Å². The number of fused-ring (bicyclic) bond motifs is 2. The van der Waals surface area contributed by atoms with Crippen LogP contribution in [0.15, 0.2) is 51.7 Å². The summed E-state index contributed by atoms with van der Waals surface area (Å²) in [4.78, 5) is 22.0. The van der Waals surface area contributed by atoms with Crippen LogP contribution in [0.5, 0.6) is 0 Å². The molecule has 10 nitrogen and oxygen atoms in total. The average Bonchev–Trinajstić information content (AvgIpc) is 3.66. The summed E-state index contributed by atoms with van der Waals surface area (Å²) in [6.45, 7) is -2.76. The largest absolute Gasteiger partial charge is 0.458 e. The van der Waals surface area contributed by atoms with E-state index in [1.54, 1.807) is 18.2 Å². The zero-order valence-electron chi connectivity index (χ0n) is 18.1. The Hall–Kier alpha value is -4.49. The lowest BCUT2D eigenvalue weighted by Crippen LogP contribution is -2.41. The first-order valence-electron chi connectivity index (χ1n) is 10.7. The second-order valence-corrected chi connectivity index (χ2v) is 7.97. The van der Waals surface area contributed by atoms with Crippen molar-refractivity contribution in [1.29, 1.82) is 0 Å². The van der Waals surface area contributed by atoms with E-state index in [1.165, 1.54) is 23.4 Å². The third-order valence-corrected chi connectivity index (χ3v) is 5.95. The van der Waals surface area contributed by atoms with E-state index < -0.39 is 30.8 Å². The zero-order chi connectivity index (χ0) is 25.0. The SMILES string of the molecule is O=C(c1nnc(-c2ccn(C(F)F)n2)o1)N1CCc2[nH]cnc2[C@H]1c1oc2ccccc2c1C(F)F. The van der Waals surface area contributed by atoms with E-state index in [9.17, 15) is 22.4 Å². The van der Waals surface area contributed by atoms with Crippen LogP contribution in [0.2, 0.25) is 0 Å². The molecule has 184 valence electrons. The highest BCUT2D eigenvalue weighted by Gasteiger charge is 2.41. The van der Waals surface area contributed by atoms with Gasteiger partial charge in [-0.1, -0.05) is 18.2 Å². The highest BCUT2D eigenvalue weighted by Crippen LogP contribution is 2.43. The molecule has 5 heterocycles. The summed E-state index contributed by atoms with van der Waals surface area (Å²) in [5, 5.41) is 11.3. The molecule has 1 atom stereocenters. The van der Waals surface area contributed by atoms with Crippen molar-refractivity contribution in [1.82, 2.24) is 34.8 Å². The number of alkyl halides is 4. The van der Waals surface area contributed by atoms with Gasteiger partial charge in [-0.3, -0.25) is 4.79 Å². The van der Waals surface area contributed by atoms with E-state index in [0.717, 1.165) is 6.20 Å². The molecule has 1 aliphatic heterocycles. The summed E-state index contributed by atoms with van der Waals surface area (Å²) in [6.07, 6.45) is -0.0778. The lowest BCUT2D eigenvalue weighted by molar-refractivity contribution is 0.0566. The Balaban J connectivity index is 1.42. The molecule has 6 rings (SSSR count). The molecular formula is C22H15F4N7O3. The van der Waals surface area contributed by atoms with Crippen LogP contribution in [0.3, 0.4) is 0 Å². The minimum atomic E-state index is -2.88. The Morgan fingerprint density at radius 2 is 1.94 bits per heavy atom. The van der Waals surface area contributed by atoms with Gasteiger partial charge in [0.25, 0.3) is 12.3 Å². The van der Waals surface area contributed by atoms with Gasteiger partial charge in [0, 0.05) is 30.2 Å². The fraction of sp³-hybridized carbons (Fsp3) is 0.227. The summed E-state index contributed by atoms with van der Waals surface area (Å²) in [6, 6.07) is 6.49. The topological polar surface area (TPSA) is 119 Å². The van der Waals surface area contributed by atoms with Gasteiger partial charge in [-0.25, -0.2) is 18.4 Å². The number of rotatable bonds is 5. The zero-order valence-corrected chi connectivity index (χ0v) is 18.1. The van der Waals surface area contributed by atoms with E-state index >= 15 is 0 Å². The molecule has 0 saturated heterocycles. The van der Waals surface area contributed by atoms with E-state index in [2.05, 4.69) is 25.3 Å². The molecule has 5 aromatic rings. The number of imidazole rings is 1. The van der Waals surface area contributed by atoms with E-state index in [0.29, 0.717) is 22.5 Å². The minimum absolute atomic E-state index is 0.0519. The highest BCUT2D eigenvalue weighted by atomic mass is 19.3. The van der Waals surface area contributed by atoms with Crippen molar-refractivity contribution in [2.45, 2.75) is 25.4 Å². The van der Waals surface area contributed by atoms with Crippen LogP contribution >= 0.6 is 0 Å². The molecule has 0 aliphatic carbocycles. The summed E-state index contributed by atoms with van der Waals surface area (Å²) < 4.78 is 65.9. The van der Waals surface area contributed by atoms with Crippen molar-refractivity contribution in [2.24, 2.45) is 0 Å². The quantitative estimate of drug-likeness (QED) is 0.352. The van der Waals surface area contributed by atoms with Crippen molar-refractivity contribution >= 4 is 16.9 Å². The predicted molar refractivity (Wildman–Crippen MR) is 113 cm³/mol. The number of nitrogens with zero attached hydrogens (tertiary/aromatic N) is 6. The number of carbonyl (C=O) groups is 1. The molecule has 1 N–H and O–H groups in total. The van der Waals surface area contributed by atoms with Crippen LogP contribution in [0, 0.1) is 0 Å². The lowest BCUT2D eigenvalue weighted by Gasteiger charge is -2.33. The van der Waals surface area contributed by atoms with Crippen LogP contribution in [-0.2, 0) is 6.42 Å². The number of nitrogens with one attached hydrogen (secondary N) is 1. The second kappa shape index (κ2) is 8.32.